The Bertz CT molecular complexity index is 375. The van der Waals surface area contributed by atoms with E-state index in [2.05, 4.69) is 0 Å². The van der Waals surface area contributed by atoms with Crippen LogP contribution in [-0.2, 0) is 9.47 Å². The van der Waals surface area contributed by atoms with Gasteiger partial charge in [0.15, 0.2) is 6.10 Å². The Kier molecular flexibility index (Phi) is 2.70. The highest BCUT2D eigenvalue weighted by Gasteiger charge is 2.33. The fraction of sp³-hybridized carbons (Fsp3) is 0.364. The van der Waals surface area contributed by atoms with Gasteiger partial charge in [-0.15, -0.1) is 0 Å². The van der Waals surface area contributed by atoms with Crippen molar-refractivity contribution in [3.8, 4) is 0 Å². The second-order valence-electron chi connectivity index (χ2n) is 3.43. The van der Waals surface area contributed by atoms with Crippen molar-refractivity contribution in [2.75, 3.05) is 13.7 Å². The number of fused-ring (bicyclic) bond motifs is 1. The van der Waals surface area contributed by atoms with Gasteiger partial charge in [-0.2, -0.15) is 0 Å². The Morgan fingerprint density at radius 1 is 1.47 bits per heavy atom. The molecule has 1 aliphatic heterocycles. The zero-order valence-corrected chi connectivity index (χ0v) is 8.34. The van der Waals surface area contributed by atoms with Crippen LogP contribution in [0.3, 0.4) is 0 Å². The summed E-state index contributed by atoms with van der Waals surface area (Å²) >= 11 is 0. The van der Waals surface area contributed by atoms with E-state index in [4.69, 9.17) is 9.47 Å². The summed E-state index contributed by atoms with van der Waals surface area (Å²) in [6.07, 6.45) is -1.42. The zero-order valence-electron chi connectivity index (χ0n) is 8.34. The lowest BCUT2D eigenvalue weighted by Crippen LogP contribution is -2.35. The van der Waals surface area contributed by atoms with E-state index in [1.165, 1.54) is 7.11 Å². The first-order valence-corrected chi connectivity index (χ1v) is 4.71. The summed E-state index contributed by atoms with van der Waals surface area (Å²) in [6, 6.07) is 6.89. The number of esters is 1. The van der Waals surface area contributed by atoms with Gasteiger partial charge in [-0.05, 0) is 11.6 Å². The molecule has 0 spiro atoms. The van der Waals surface area contributed by atoms with Crippen LogP contribution in [0.25, 0.3) is 0 Å². The highest BCUT2D eigenvalue weighted by atomic mass is 16.6. The van der Waals surface area contributed by atoms with E-state index < -0.39 is 18.2 Å². The fourth-order valence-corrected chi connectivity index (χ4v) is 1.70. The van der Waals surface area contributed by atoms with Gasteiger partial charge in [0.05, 0.1) is 12.2 Å². The number of hydrogen-bond acceptors (Lipinski definition) is 4. The van der Waals surface area contributed by atoms with Gasteiger partial charge in [-0.3, -0.25) is 0 Å². The largest absolute Gasteiger partial charge is 0.453 e. The third-order valence-corrected chi connectivity index (χ3v) is 2.44. The fourth-order valence-electron chi connectivity index (χ4n) is 1.70. The third-order valence-electron chi connectivity index (χ3n) is 2.44. The van der Waals surface area contributed by atoms with Crippen LogP contribution >= 0.6 is 0 Å². The molecule has 0 aromatic heterocycles. The molecule has 4 nitrogen and oxygen atoms in total. The van der Waals surface area contributed by atoms with E-state index in [9.17, 15) is 9.90 Å². The van der Waals surface area contributed by atoms with E-state index >= 15 is 0 Å². The molecule has 0 amide bonds. The minimum Gasteiger partial charge on any atom is -0.453 e. The molecule has 1 N–H and O–H groups in total. The van der Waals surface area contributed by atoms with E-state index in [-0.39, 0.29) is 6.61 Å². The molecule has 0 aliphatic carbocycles. The van der Waals surface area contributed by atoms with Crippen molar-refractivity contribution >= 4 is 5.97 Å². The lowest BCUT2D eigenvalue weighted by molar-refractivity contribution is -0.0573. The molecule has 0 fully saturated rings. The molecule has 0 unspecified atom stereocenters. The first-order valence-electron chi connectivity index (χ1n) is 4.71. The summed E-state index contributed by atoms with van der Waals surface area (Å²) < 4.78 is 9.93. The minimum atomic E-state index is -0.807. The van der Waals surface area contributed by atoms with Crippen LogP contribution < -0.4 is 0 Å². The Morgan fingerprint density at radius 2 is 2.20 bits per heavy atom. The van der Waals surface area contributed by atoms with Crippen molar-refractivity contribution < 1.29 is 19.4 Å². The summed E-state index contributed by atoms with van der Waals surface area (Å²) in [4.78, 5) is 11.5. The van der Waals surface area contributed by atoms with Gasteiger partial charge in [0.25, 0.3) is 0 Å². The van der Waals surface area contributed by atoms with Gasteiger partial charge in [0, 0.05) is 7.11 Å². The molecule has 1 aromatic rings. The molecule has 1 aliphatic rings. The standard InChI is InChI=1S/C11H12O4/c1-14-6-9-10(12)7-4-2-3-5-8(7)11(13)15-9/h2-5,9-10,12H,6H2,1H3/t9-,10+/m1/s1. The average Bonchev–Trinajstić information content (AvgIpc) is 2.26. The number of aliphatic hydroxyl groups excluding tert-OH is 1. The van der Waals surface area contributed by atoms with Gasteiger partial charge in [0.1, 0.15) is 6.10 Å². The predicted molar refractivity (Wildman–Crippen MR) is 52.5 cm³/mol. The maximum Gasteiger partial charge on any atom is 0.338 e. The molecule has 0 saturated carbocycles. The predicted octanol–water partition coefficient (Wildman–Crippen LogP) is 0.905. The highest BCUT2D eigenvalue weighted by Crippen LogP contribution is 2.29. The van der Waals surface area contributed by atoms with Gasteiger partial charge >= 0.3 is 5.97 Å². The Morgan fingerprint density at radius 3 is 2.93 bits per heavy atom. The van der Waals surface area contributed by atoms with Crippen LogP contribution in [0.5, 0.6) is 0 Å². The number of aliphatic hydroxyl groups is 1. The first kappa shape index (κ1) is 10.1. The number of methoxy groups -OCH3 is 1. The van der Waals surface area contributed by atoms with Gasteiger partial charge in [-0.1, -0.05) is 18.2 Å². The Labute approximate surface area is 87.4 Å². The number of benzene rings is 1. The molecule has 80 valence electrons. The summed E-state index contributed by atoms with van der Waals surface area (Å²) in [7, 11) is 1.50. The molecule has 1 heterocycles. The van der Waals surface area contributed by atoms with E-state index in [1.54, 1.807) is 24.3 Å². The monoisotopic (exact) mass is 208 g/mol. The quantitative estimate of drug-likeness (QED) is 0.734. The number of carbonyl (C=O) groups is 1. The van der Waals surface area contributed by atoms with E-state index in [0.29, 0.717) is 11.1 Å². The maximum absolute atomic E-state index is 11.5. The second kappa shape index (κ2) is 4.00. The molecule has 1 aromatic carbocycles. The van der Waals surface area contributed by atoms with Crippen molar-refractivity contribution in [2.24, 2.45) is 0 Å². The lowest BCUT2D eigenvalue weighted by Gasteiger charge is -2.28. The normalized spacial score (nSPS) is 24.5. The molecular formula is C11H12O4. The van der Waals surface area contributed by atoms with Crippen molar-refractivity contribution in [3.63, 3.8) is 0 Å². The second-order valence-corrected chi connectivity index (χ2v) is 3.43. The Hall–Kier alpha value is -1.39. The molecule has 0 bridgehead atoms. The van der Waals surface area contributed by atoms with Crippen LogP contribution in [0.2, 0.25) is 0 Å². The third kappa shape index (κ3) is 1.73. The van der Waals surface area contributed by atoms with Crippen LogP contribution in [0.4, 0.5) is 0 Å². The SMILES string of the molecule is COC[C@H]1OC(=O)c2ccccc2[C@@H]1O. The first-order chi connectivity index (χ1) is 7.24. The molecule has 2 atom stereocenters. The van der Waals surface area contributed by atoms with Crippen molar-refractivity contribution in [1.29, 1.82) is 0 Å². The number of rotatable bonds is 2. The maximum atomic E-state index is 11.5. The average molecular weight is 208 g/mol. The molecule has 4 heteroatoms. The van der Waals surface area contributed by atoms with Crippen molar-refractivity contribution in [2.45, 2.75) is 12.2 Å². The summed E-state index contributed by atoms with van der Waals surface area (Å²) in [6.45, 7) is 0.196. The van der Waals surface area contributed by atoms with Crippen molar-refractivity contribution in [1.82, 2.24) is 0 Å². The van der Waals surface area contributed by atoms with Crippen LogP contribution in [0.15, 0.2) is 24.3 Å². The number of ether oxygens (including phenoxy) is 2. The molecule has 15 heavy (non-hydrogen) atoms. The minimum absolute atomic E-state index is 0.196. The molecular weight excluding hydrogens is 196 g/mol. The molecule has 0 saturated heterocycles. The van der Waals surface area contributed by atoms with Crippen LogP contribution in [0.1, 0.15) is 22.0 Å². The van der Waals surface area contributed by atoms with Crippen LogP contribution in [0, 0.1) is 0 Å². The van der Waals surface area contributed by atoms with E-state index in [1.807, 2.05) is 0 Å². The van der Waals surface area contributed by atoms with E-state index in [0.717, 1.165) is 0 Å². The molecule has 2 rings (SSSR count). The van der Waals surface area contributed by atoms with Crippen LogP contribution in [-0.4, -0.2) is 30.9 Å². The molecule has 0 radical (unpaired) electrons. The summed E-state index contributed by atoms with van der Waals surface area (Å²) in [5.74, 6) is -0.405. The van der Waals surface area contributed by atoms with Gasteiger partial charge in [0.2, 0.25) is 0 Å². The number of hydrogen-bond donors (Lipinski definition) is 1. The topological polar surface area (TPSA) is 55.8 Å². The van der Waals surface area contributed by atoms with Gasteiger partial charge < -0.3 is 14.6 Å². The smallest absolute Gasteiger partial charge is 0.338 e. The van der Waals surface area contributed by atoms with Crippen molar-refractivity contribution in [3.05, 3.63) is 35.4 Å². The zero-order chi connectivity index (χ0) is 10.8. The Balaban J connectivity index is 2.35. The highest BCUT2D eigenvalue weighted by molar-refractivity contribution is 5.92. The summed E-state index contributed by atoms with van der Waals surface area (Å²) in [5, 5.41) is 9.91. The number of cyclic esters (lactones) is 1. The lowest BCUT2D eigenvalue weighted by atomic mass is 9.96. The summed E-state index contributed by atoms with van der Waals surface area (Å²) in [5.41, 5.74) is 1.04. The van der Waals surface area contributed by atoms with Gasteiger partial charge in [-0.25, -0.2) is 4.79 Å². The number of carbonyl (C=O) groups excluding carboxylic acids is 1.